The molecule has 0 heterocycles. The van der Waals surface area contributed by atoms with Crippen LogP contribution in [0.4, 0.5) is 5.69 Å². The van der Waals surface area contributed by atoms with Crippen LogP contribution in [0.15, 0.2) is 36.4 Å². The zero-order valence-corrected chi connectivity index (χ0v) is 19.1. The molecule has 4 nitrogen and oxygen atoms in total. The van der Waals surface area contributed by atoms with E-state index in [9.17, 15) is 4.79 Å². The highest BCUT2D eigenvalue weighted by Crippen LogP contribution is 2.24. The van der Waals surface area contributed by atoms with E-state index in [-0.39, 0.29) is 5.91 Å². The number of rotatable bonds is 7. The Kier molecular flexibility index (Phi) is 7.80. The van der Waals surface area contributed by atoms with Crippen LogP contribution in [-0.4, -0.2) is 17.6 Å². The average molecular weight is 413 g/mol. The van der Waals surface area contributed by atoms with E-state index < -0.39 is 5.41 Å². The van der Waals surface area contributed by atoms with Crippen molar-refractivity contribution in [3.8, 4) is 5.75 Å². The molecule has 5 heteroatoms. The topological polar surface area (TPSA) is 50.4 Å². The van der Waals surface area contributed by atoms with Gasteiger partial charge in [0.15, 0.2) is 5.11 Å². The molecule has 2 rings (SSSR count). The fourth-order valence-corrected chi connectivity index (χ4v) is 3.36. The van der Waals surface area contributed by atoms with Gasteiger partial charge in [0.25, 0.3) is 0 Å². The third kappa shape index (κ3) is 7.17. The number of carbonyl (C=O) groups excluding carboxylic acids is 1. The molecule has 0 aromatic heterocycles. The van der Waals surface area contributed by atoms with Crippen LogP contribution in [0.1, 0.15) is 48.9 Å². The summed E-state index contributed by atoms with van der Waals surface area (Å²) in [5.74, 6) is 0.817. The number of ether oxygens (including phenoxy) is 1. The Morgan fingerprint density at radius 3 is 2.31 bits per heavy atom. The van der Waals surface area contributed by atoms with Crippen LogP contribution >= 0.6 is 12.2 Å². The molecule has 0 aliphatic rings. The van der Waals surface area contributed by atoms with Crippen LogP contribution in [0.2, 0.25) is 0 Å². The summed E-state index contributed by atoms with van der Waals surface area (Å²) in [6.45, 7) is 12.6. The van der Waals surface area contributed by atoms with Crippen molar-refractivity contribution in [3.63, 3.8) is 0 Å². The van der Waals surface area contributed by atoms with Gasteiger partial charge in [-0.2, -0.15) is 0 Å². The summed E-state index contributed by atoms with van der Waals surface area (Å²) in [4.78, 5) is 12.7. The van der Waals surface area contributed by atoms with Crippen LogP contribution in [0, 0.1) is 33.1 Å². The number of hydrogen-bond donors (Lipinski definition) is 2. The van der Waals surface area contributed by atoms with E-state index in [1.807, 2.05) is 52.8 Å². The normalized spacial score (nSPS) is 11.1. The first-order valence-corrected chi connectivity index (χ1v) is 10.4. The number of nitrogens with one attached hydrogen (secondary N) is 2. The second kappa shape index (κ2) is 9.88. The zero-order valence-electron chi connectivity index (χ0n) is 18.3. The molecule has 1 amide bonds. The summed E-state index contributed by atoms with van der Waals surface area (Å²) in [5, 5.41) is 6.24. The summed E-state index contributed by atoms with van der Waals surface area (Å²) >= 11 is 5.33. The first-order valence-electron chi connectivity index (χ1n) is 9.97. The SMILES string of the molecule is Cc1cc(C)cc(NC(=S)NC(=O)C(C)(C)CCCOc2cc(C)ccc2C)c1. The number of thiocarbonyl (C=S) groups is 1. The minimum atomic E-state index is -0.542. The van der Waals surface area contributed by atoms with Crippen molar-refractivity contribution in [2.45, 2.75) is 54.4 Å². The van der Waals surface area contributed by atoms with Crippen molar-refractivity contribution >= 4 is 28.9 Å². The van der Waals surface area contributed by atoms with Gasteiger partial charge >= 0.3 is 0 Å². The molecule has 0 spiro atoms. The molecule has 0 atom stereocenters. The number of amides is 1. The number of anilines is 1. The van der Waals surface area contributed by atoms with Crippen LogP contribution in [-0.2, 0) is 4.79 Å². The van der Waals surface area contributed by atoms with E-state index in [2.05, 4.69) is 35.8 Å². The monoisotopic (exact) mass is 412 g/mol. The quantitative estimate of drug-likeness (QED) is 0.458. The number of carbonyl (C=O) groups is 1. The van der Waals surface area contributed by atoms with E-state index in [1.54, 1.807) is 0 Å². The fraction of sp³-hybridized carbons (Fsp3) is 0.417. The average Bonchev–Trinajstić information content (AvgIpc) is 2.60. The van der Waals surface area contributed by atoms with E-state index >= 15 is 0 Å². The molecule has 0 saturated carbocycles. The van der Waals surface area contributed by atoms with Gasteiger partial charge in [-0.15, -0.1) is 0 Å². The molecule has 2 aromatic carbocycles. The van der Waals surface area contributed by atoms with Crippen LogP contribution in [0.25, 0.3) is 0 Å². The first kappa shape index (κ1) is 22.9. The highest BCUT2D eigenvalue weighted by Gasteiger charge is 2.27. The minimum absolute atomic E-state index is 0.0916. The molecule has 2 N–H and O–H groups in total. The molecule has 2 aromatic rings. The van der Waals surface area contributed by atoms with Crippen LogP contribution in [0.5, 0.6) is 5.75 Å². The van der Waals surface area contributed by atoms with Crippen LogP contribution in [0.3, 0.4) is 0 Å². The molecule has 0 aliphatic carbocycles. The van der Waals surface area contributed by atoms with Crippen molar-refractivity contribution in [1.29, 1.82) is 0 Å². The zero-order chi connectivity index (χ0) is 21.6. The van der Waals surface area contributed by atoms with Gasteiger partial charge in [-0.25, -0.2) is 0 Å². The molecule has 0 bridgehead atoms. The van der Waals surface area contributed by atoms with Gasteiger partial charge < -0.3 is 15.4 Å². The Balaban J connectivity index is 1.82. The molecule has 0 aliphatic heterocycles. The predicted octanol–water partition coefficient (Wildman–Crippen LogP) is 5.62. The molecule has 29 heavy (non-hydrogen) atoms. The van der Waals surface area contributed by atoms with Crippen molar-refractivity contribution in [2.24, 2.45) is 5.41 Å². The predicted molar refractivity (Wildman–Crippen MR) is 125 cm³/mol. The van der Waals surface area contributed by atoms with Gasteiger partial charge in [-0.3, -0.25) is 4.79 Å². The Hall–Kier alpha value is -2.40. The molecule has 0 saturated heterocycles. The third-order valence-corrected chi connectivity index (χ3v) is 5.07. The summed E-state index contributed by atoms with van der Waals surface area (Å²) in [5.41, 5.74) is 4.92. The third-order valence-electron chi connectivity index (χ3n) is 4.87. The summed E-state index contributed by atoms with van der Waals surface area (Å²) in [6.07, 6.45) is 1.49. The molecular weight excluding hydrogens is 380 g/mol. The lowest BCUT2D eigenvalue weighted by molar-refractivity contribution is -0.128. The maximum absolute atomic E-state index is 12.7. The molecule has 156 valence electrons. The second-order valence-corrected chi connectivity index (χ2v) is 8.80. The van der Waals surface area contributed by atoms with E-state index in [1.165, 1.54) is 5.56 Å². The van der Waals surface area contributed by atoms with Crippen molar-refractivity contribution in [1.82, 2.24) is 5.32 Å². The van der Waals surface area contributed by atoms with Gasteiger partial charge in [-0.05, 0) is 93.2 Å². The summed E-state index contributed by atoms with van der Waals surface area (Å²) in [7, 11) is 0. The van der Waals surface area contributed by atoms with Crippen LogP contribution < -0.4 is 15.4 Å². The highest BCUT2D eigenvalue weighted by atomic mass is 32.1. The van der Waals surface area contributed by atoms with Crippen molar-refractivity contribution in [2.75, 3.05) is 11.9 Å². The first-order chi connectivity index (χ1) is 13.6. The highest BCUT2D eigenvalue weighted by molar-refractivity contribution is 7.80. The molecule has 0 radical (unpaired) electrons. The summed E-state index contributed by atoms with van der Waals surface area (Å²) in [6, 6.07) is 12.3. The Morgan fingerprint density at radius 1 is 1.00 bits per heavy atom. The molecule has 0 unspecified atom stereocenters. The lowest BCUT2D eigenvalue weighted by Crippen LogP contribution is -2.42. The maximum atomic E-state index is 12.7. The number of benzene rings is 2. The maximum Gasteiger partial charge on any atom is 0.231 e. The Labute approximate surface area is 180 Å². The van der Waals surface area contributed by atoms with E-state index in [0.717, 1.165) is 34.5 Å². The number of hydrogen-bond acceptors (Lipinski definition) is 3. The number of aryl methyl sites for hydroxylation is 4. The molecule has 0 fully saturated rings. The van der Waals surface area contributed by atoms with Gasteiger partial charge in [-0.1, -0.05) is 32.0 Å². The van der Waals surface area contributed by atoms with Gasteiger partial charge in [0.1, 0.15) is 5.75 Å². The van der Waals surface area contributed by atoms with E-state index in [0.29, 0.717) is 18.1 Å². The van der Waals surface area contributed by atoms with Gasteiger partial charge in [0.05, 0.1) is 6.61 Å². The standard InChI is InChI=1S/C24H32N2O2S/c1-16-8-9-19(4)21(15-16)28-11-7-10-24(5,6)22(27)26-23(29)25-20-13-17(2)12-18(3)14-20/h8-9,12-15H,7,10-11H2,1-6H3,(H2,25,26,27,29). The lowest BCUT2D eigenvalue weighted by Gasteiger charge is -2.24. The second-order valence-electron chi connectivity index (χ2n) is 8.39. The van der Waals surface area contributed by atoms with Crippen molar-refractivity contribution in [3.05, 3.63) is 58.7 Å². The lowest BCUT2D eigenvalue weighted by atomic mass is 9.87. The fourth-order valence-electron chi connectivity index (χ4n) is 3.15. The largest absolute Gasteiger partial charge is 0.493 e. The Bertz CT molecular complexity index is 870. The van der Waals surface area contributed by atoms with Gasteiger partial charge in [0, 0.05) is 11.1 Å². The summed E-state index contributed by atoms with van der Waals surface area (Å²) < 4.78 is 5.91. The smallest absolute Gasteiger partial charge is 0.231 e. The van der Waals surface area contributed by atoms with E-state index in [4.69, 9.17) is 17.0 Å². The Morgan fingerprint density at radius 2 is 1.66 bits per heavy atom. The van der Waals surface area contributed by atoms with Crippen molar-refractivity contribution < 1.29 is 9.53 Å². The minimum Gasteiger partial charge on any atom is -0.493 e. The molecular formula is C24H32N2O2S. The van der Waals surface area contributed by atoms with Gasteiger partial charge in [0.2, 0.25) is 5.91 Å².